The van der Waals surface area contributed by atoms with Crippen LogP contribution in [0.15, 0.2) is 51.7 Å². The van der Waals surface area contributed by atoms with Crippen molar-refractivity contribution < 1.29 is 18.8 Å². The Morgan fingerprint density at radius 3 is 2.48 bits per heavy atom. The van der Waals surface area contributed by atoms with Crippen molar-refractivity contribution in [1.82, 2.24) is 0 Å². The first kappa shape index (κ1) is 17.2. The van der Waals surface area contributed by atoms with Crippen molar-refractivity contribution in [1.29, 1.82) is 0 Å². The van der Waals surface area contributed by atoms with E-state index in [1.54, 1.807) is 12.1 Å². The van der Waals surface area contributed by atoms with Gasteiger partial charge in [-0.1, -0.05) is 19.1 Å². The smallest absolute Gasteiger partial charge is 0.336 e. The van der Waals surface area contributed by atoms with Crippen molar-refractivity contribution >= 4 is 11.0 Å². The van der Waals surface area contributed by atoms with E-state index in [-0.39, 0.29) is 11.6 Å². The monoisotopic (exact) mass is 342 g/mol. The van der Waals surface area contributed by atoms with Crippen LogP contribution in [0.4, 0.5) is 4.39 Å². The van der Waals surface area contributed by atoms with E-state index < -0.39 is 5.63 Å². The lowest BCUT2D eigenvalue weighted by molar-refractivity contribution is -0.907. The maximum atomic E-state index is 13.0. The molecule has 0 aliphatic carbocycles. The van der Waals surface area contributed by atoms with Gasteiger partial charge in [-0.25, -0.2) is 9.18 Å². The Bertz CT molecular complexity index is 948. The molecule has 1 aromatic heterocycles. The normalized spacial score (nSPS) is 12.4. The fourth-order valence-corrected chi connectivity index (χ4v) is 3.07. The number of halogens is 1. The summed E-state index contributed by atoms with van der Waals surface area (Å²) in [6.07, 6.45) is 0.693. The molecule has 0 spiro atoms. The van der Waals surface area contributed by atoms with E-state index in [0.29, 0.717) is 25.1 Å². The highest BCUT2D eigenvalue weighted by molar-refractivity contribution is 5.82. The summed E-state index contributed by atoms with van der Waals surface area (Å²) in [5.74, 6) is -0.109. The summed E-state index contributed by atoms with van der Waals surface area (Å²) in [6.45, 7) is 3.29. The number of hydrogen-bond donors (Lipinski definition) is 2. The van der Waals surface area contributed by atoms with E-state index in [9.17, 15) is 14.3 Å². The summed E-state index contributed by atoms with van der Waals surface area (Å²) in [5.41, 5.74) is 2.69. The van der Waals surface area contributed by atoms with Crippen molar-refractivity contribution in [3.05, 3.63) is 75.4 Å². The molecule has 2 aromatic carbocycles. The van der Waals surface area contributed by atoms with Crippen LogP contribution in [0.3, 0.4) is 0 Å². The lowest BCUT2D eigenvalue weighted by atomic mass is 10.0. The quantitative estimate of drug-likeness (QED) is 0.700. The highest BCUT2D eigenvalue weighted by Crippen LogP contribution is 2.26. The molecule has 1 unspecified atom stereocenters. The maximum absolute atomic E-state index is 13.0. The van der Waals surface area contributed by atoms with Gasteiger partial charge in [-0.2, -0.15) is 0 Å². The average molecular weight is 342 g/mol. The second-order valence-corrected chi connectivity index (χ2v) is 6.36. The van der Waals surface area contributed by atoms with Crippen LogP contribution in [0.25, 0.3) is 11.0 Å². The van der Waals surface area contributed by atoms with Gasteiger partial charge in [0, 0.05) is 28.6 Å². The summed E-state index contributed by atoms with van der Waals surface area (Å²) in [7, 11) is 2.02. The average Bonchev–Trinajstić information content (AvgIpc) is 2.56. The predicted molar refractivity (Wildman–Crippen MR) is 94.2 cm³/mol. The van der Waals surface area contributed by atoms with Crippen LogP contribution in [0.1, 0.15) is 23.6 Å². The molecule has 0 saturated carbocycles. The third kappa shape index (κ3) is 3.88. The highest BCUT2D eigenvalue weighted by Gasteiger charge is 2.14. The minimum Gasteiger partial charge on any atom is -0.508 e. The Morgan fingerprint density at radius 2 is 1.80 bits per heavy atom. The molecule has 0 radical (unpaired) electrons. The van der Waals surface area contributed by atoms with Gasteiger partial charge in [0.15, 0.2) is 0 Å². The van der Waals surface area contributed by atoms with Gasteiger partial charge in [0.1, 0.15) is 30.2 Å². The first-order chi connectivity index (χ1) is 12.0. The van der Waals surface area contributed by atoms with Gasteiger partial charge in [-0.3, -0.25) is 0 Å². The maximum Gasteiger partial charge on any atom is 0.336 e. The van der Waals surface area contributed by atoms with Crippen molar-refractivity contribution in [3.63, 3.8) is 0 Å². The zero-order valence-electron chi connectivity index (χ0n) is 14.3. The lowest BCUT2D eigenvalue weighted by Crippen LogP contribution is -3.06. The fourth-order valence-electron chi connectivity index (χ4n) is 3.07. The SMILES string of the molecule is CCc1cc2c(C[NH+](C)Cc3ccc(F)cc3)cc(=O)oc2cc1O. The molecule has 3 aromatic rings. The van der Waals surface area contributed by atoms with Gasteiger partial charge in [-0.05, 0) is 30.2 Å². The molecule has 0 saturated heterocycles. The summed E-state index contributed by atoms with van der Waals surface area (Å²) >= 11 is 0. The molecule has 0 amide bonds. The van der Waals surface area contributed by atoms with E-state index in [1.807, 2.05) is 20.0 Å². The number of hydrogen-bond acceptors (Lipinski definition) is 3. The molecule has 0 aliphatic rings. The predicted octanol–water partition coefficient (Wildman–Crippen LogP) is 2.42. The van der Waals surface area contributed by atoms with Gasteiger partial charge in [0.2, 0.25) is 0 Å². The molecular formula is C20H21FNO3+. The third-order valence-corrected chi connectivity index (χ3v) is 4.32. The summed E-state index contributed by atoms with van der Waals surface area (Å²) in [4.78, 5) is 13.0. The fraction of sp³-hybridized carbons (Fsp3) is 0.250. The van der Waals surface area contributed by atoms with E-state index >= 15 is 0 Å². The molecule has 130 valence electrons. The lowest BCUT2D eigenvalue weighted by Gasteiger charge is -2.15. The number of phenols is 1. The topological polar surface area (TPSA) is 54.9 Å². The number of nitrogens with one attached hydrogen (secondary N) is 1. The Morgan fingerprint density at radius 1 is 1.08 bits per heavy atom. The van der Waals surface area contributed by atoms with E-state index in [2.05, 4.69) is 0 Å². The van der Waals surface area contributed by atoms with Gasteiger partial charge >= 0.3 is 5.63 Å². The first-order valence-electron chi connectivity index (χ1n) is 8.30. The Hall–Kier alpha value is -2.66. The minimum atomic E-state index is -0.430. The van der Waals surface area contributed by atoms with Crippen LogP contribution < -0.4 is 10.5 Å². The molecule has 1 heterocycles. The number of phenolic OH excluding ortho intramolecular Hbond substituents is 1. The summed E-state index contributed by atoms with van der Waals surface area (Å²) in [5, 5.41) is 10.8. The van der Waals surface area contributed by atoms with Crippen molar-refractivity contribution in [2.75, 3.05) is 7.05 Å². The van der Waals surface area contributed by atoms with Crippen LogP contribution in [0.5, 0.6) is 5.75 Å². The molecule has 1 atom stereocenters. The minimum absolute atomic E-state index is 0.141. The van der Waals surface area contributed by atoms with Crippen LogP contribution in [-0.2, 0) is 19.5 Å². The zero-order valence-corrected chi connectivity index (χ0v) is 14.3. The second-order valence-electron chi connectivity index (χ2n) is 6.36. The summed E-state index contributed by atoms with van der Waals surface area (Å²) < 4.78 is 18.3. The molecule has 0 fully saturated rings. The van der Waals surface area contributed by atoms with Crippen LogP contribution >= 0.6 is 0 Å². The van der Waals surface area contributed by atoms with Crippen LogP contribution in [0, 0.1) is 5.82 Å². The Labute approximate surface area is 145 Å². The molecule has 25 heavy (non-hydrogen) atoms. The number of benzene rings is 2. The number of fused-ring (bicyclic) bond motifs is 1. The summed E-state index contributed by atoms with van der Waals surface area (Å²) in [6, 6.07) is 11.3. The van der Waals surface area contributed by atoms with E-state index in [1.165, 1.54) is 24.3 Å². The molecule has 2 N–H and O–H groups in total. The largest absolute Gasteiger partial charge is 0.508 e. The van der Waals surface area contributed by atoms with Crippen molar-refractivity contribution in [3.8, 4) is 5.75 Å². The van der Waals surface area contributed by atoms with Crippen molar-refractivity contribution in [2.24, 2.45) is 0 Å². The zero-order chi connectivity index (χ0) is 18.0. The molecular weight excluding hydrogens is 321 g/mol. The van der Waals surface area contributed by atoms with Crippen LogP contribution in [0.2, 0.25) is 0 Å². The molecule has 0 bridgehead atoms. The van der Waals surface area contributed by atoms with Gasteiger partial charge in [0.05, 0.1) is 7.05 Å². The Kier molecular flexibility index (Phi) is 4.86. The van der Waals surface area contributed by atoms with Gasteiger partial charge in [0.25, 0.3) is 0 Å². The second kappa shape index (κ2) is 7.07. The molecule has 5 heteroatoms. The molecule has 0 aliphatic heterocycles. The first-order valence-corrected chi connectivity index (χ1v) is 8.30. The highest BCUT2D eigenvalue weighted by atomic mass is 19.1. The molecule has 4 nitrogen and oxygen atoms in total. The number of aryl methyl sites for hydroxylation is 1. The van der Waals surface area contributed by atoms with E-state index in [0.717, 1.165) is 27.0 Å². The number of rotatable bonds is 5. The van der Waals surface area contributed by atoms with Gasteiger partial charge < -0.3 is 14.4 Å². The standard InChI is InChI=1S/C20H20FNO3/c1-3-14-8-17-15(9-20(24)25-19(17)10-18(14)23)12-22(2)11-13-4-6-16(21)7-5-13/h4-10,23H,3,11-12H2,1-2H3/p+1. The van der Waals surface area contributed by atoms with E-state index in [4.69, 9.17) is 4.42 Å². The number of quaternary nitrogens is 1. The molecule has 3 rings (SSSR count). The number of aromatic hydroxyl groups is 1. The van der Waals surface area contributed by atoms with Crippen molar-refractivity contribution in [2.45, 2.75) is 26.4 Å². The van der Waals surface area contributed by atoms with Gasteiger partial charge in [-0.15, -0.1) is 0 Å². The van der Waals surface area contributed by atoms with Crippen LogP contribution in [-0.4, -0.2) is 12.2 Å². The Balaban J connectivity index is 1.91. The third-order valence-electron chi connectivity index (χ3n) is 4.32.